The molecular formula is C14H17N3. The highest BCUT2D eigenvalue weighted by atomic mass is 15.3. The van der Waals surface area contributed by atoms with Gasteiger partial charge >= 0.3 is 0 Å². The highest BCUT2D eigenvalue weighted by molar-refractivity contribution is 5.31. The maximum Gasteiger partial charge on any atom is 0.0540 e. The maximum atomic E-state index is 6.23. The molecule has 1 aliphatic carbocycles. The van der Waals surface area contributed by atoms with Crippen molar-refractivity contribution >= 4 is 0 Å². The molecule has 0 fully saturated rings. The summed E-state index contributed by atoms with van der Waals surface area (Å²) in [4.78, 5) is 0. The quantitative estimate of drug-likeness (QED) is 0.811. The molecule has 2 aromatic rings. The summed E-state index contributed by atoms with van der Waals surface area (Å²) in [7, 11) is 2.00. The topological polar surface area (TPSA) is 43.8 Å². The molecular weight excluding hydrogens is 210 g/mol. The van der Waals surface area contributed by atoms with E-state index in [1.165, 1.54) is 16.8 Å². The van der Waals surface area contributed by atoms with Crippen molar-refractivity contribution in [3.05, 3.63) is 53.3 Å². The first-order chi connectivity index (χ1) is 8.25. The molecule has 2 N–H and O–H groups in total. The lowest BCUT2D eigenvalue weighted by molar-refractivity contribution is 0.486. The van der Waals surface area contributed by atoms with Gasteiger partial charge in [-0.3, -0.25) is 4.68 Å². The van der Waals surface area contributed by atoms with E-state index in [0.29, 0.717) is 5.92 Å². The Hall–Kier alpha value is -1.61. The molecule has 1 heterocycles. The van der Waals surface area contributed by atoms with E-state index in [-0.39, 0.29) is 6.04 Å². The third-order valence-electron chi connectivity index (χ3n) is 3.74. The molecule has 0 bridgehead atoms. The van der Waals surface area contributed by atoms with E-state index in [0.717, 1.165) is 12.8 Å². The Labute approximate surface area is 101 Å². The first-order valence-corrected chi connectivity index (χ1v) is 6.07. The van der Waals surface area contributed by atoms with Crippen LogP contribution in [0.5, 0.6) is 0 Å². The first-order valence-electron chi connectivity index (χ1n) is 6.07. The molecule has 1 aromatic carbocycles. The third kappa shape index (κ3) is 1.76. The van der Waals surface area contributed by atoms with Gasteiger partial charge in [0.15, 0.2) is 0 Å². The number of rotatable bonds is 1. The molecule has 0 spiro atoms. The molecule has 1 aromatic heterocycles. The molecule has 1 aliphatic rings. The number of benzene rings is 1. The van der Waals surface area contributed by atoms with Crippen LogP contribution in [0.15, 0.2) is 36.5 Å². The number of fused-ring (bicyclic) bond motifs is 1. The molecule has 0 amide bonds. The Kier molecular flexibility index (Phi) is 2.48. The van der Waals surface area contributed by atoms with Gasteiger partial charge in [0.25, 0.3) is 0 Å². The minimum absolute atomic E-state index is 0.123. The fourth-order valence-electron chi connectivity index (χ4n) is 2.77. The Balaban J connectivity index is 1.96. The zero-order valence-corrected chi connectivity index (χ0v) is 10.0. The summed E-state index contributed by atoms with van der Waals surface area (Å²) in [6.07, 6.45) is 3.98. The number of nitrogens with two attached hydrogens (primary N) is 1. The number of hydrogen-bond donors (Lipinski definition) is 1. The molecule has 0 saturated carbocycles. The van der Waals surface area contributed by atoms with Crippen molar-refractivity contribution in [2.75, 3.05) is 0 Å². The highest BCUT2D eigenvalue weighted by Gasteiger charge is 2.28. The molecule has 3 nitrogen and oxygen atoms in total. The van der Waals surface area contributed by atoms with Crippen molar-refractivity contribution < 1.29 is 0 Å². The molecule has 2 unspecified atom stereocenters. The smallest absolute Gasteiger partial charge is 0.0540 e. The third-order valence-corrected chi connectivity index (χ3v) is 3.74. The van der Waals surface area contributed by atoms with Gasteiger partial charge in [-0.1, -0.05) is 30.3 Å². The van der Waals surface area contributed by atoms with E-state index in [1.54, 1.807) is 0 Å². The van der Waals surface area contributed by atoms with E-state index in [9.17, 15) is 0 Å². The molecule has 3 heteroatoms. The van der Waals surface area contributed by atoms with E-state index in [2.05, 4.69) is 35.4 Å². The number of aryl methyl sites for hydroxylation is 1. The molecule has 0 saturated heterocycles. The predicted molar refractivity (Wildman–Crippen MR) is 67.6 cm³/mol. The van der Waals surface area contributed by atoms with Crippen LogP contribution in [0, 0.1) is 0 Å². The summed E-state index contributed by atoms with van der Waals surface area (Å²) in [5.74, 6) is 0.522. The van der Waals surface area contributed by atoms with Crippen molar-refractivity contribution in [3.63, 3.8) is 0 Å². The fraction of sp³-hybridized carbons (Fsp3) is 0.357. The predicted octanol–water partition coefficient (Wildman–Crippen LogP) is 2.15. The fourth-order valence-corrected chi connectivity index (χ4v) is 2.77. The van der Waals surface area contributed by atoms with Gasteiger partial charge < -0.3 is 5.73 Å². The summed E-state index contributed by atoms with van der Waals surface area (Å²) in [6, 6.07) is 10.8. The zero-order valence-electron chi connectivity index (χ0n) is 10.0. The largest absolute Gasteiger partial charge is 0.324 e. The van der Waals surface area contributed by atoms with Gasteiger partial charge in [0.05, 0.1) is 6.20 Å². The second-order valence-electron chi connectivity index (χ2n) is 4.82. The lowest BCUT2D eigenvalue weighted by atomic mass is 9.81. The summed E-state index contributed by atoms with van der Waals surface area (Å²) in [6.45, 7) is 0. The summed E-state index contributed by atoms with van der Waals surface area (Å²) < 4.78 is 1.96. The molecule has 0 aliphatic heterocycles. The minimum Gasteiger partial charge on any atom is -0.324 e. The van der Waals surface area contributed by atoms with Crippen molar-refractivity contribution in [1.82, 2.24) is 9.78 Å². The van der Waals surface area contributed by atoms with Crippen LogP contribution in [-0.4, -0.2) is 9.78 Å². The lowest BCUT2D eigenvalue weighted by Gasteiger charge is -2.27. The number of nitrogens with zero attached hydrogens (tertiary/aromatic N) is 2. The molecule has 0 radical (unpaired) electrons. The summed E-state index contributed by atoms with van der Waals surface area (Å²) in [5, 5.41) is 4.31. The van der Waals surface area contributed by atoms with Crippen molar-refractivity contribution in [2.24, 2.45) is 12.8 Å². The van der Waals surface area contributed by atoms with Crippen molar-refractivity contribution in [2.45, 2.75) is 24.8 Å². The molecule has 3 rings (SSSR count). The summed E-state index contributed by atoms with van der Waals surface area (Å²) >= 11 is 0. The first kappa shape index (κ1) is 10.5. The standard InChI is InChI=1S/C14H17N3/c1-17-14-8-11(10-5-3-2-4-6-10)7-13(15)12(14)9-16-17/h2-6,9,11,13H,7-8,15H2,1H3. The van der Waals surface area contributed by atoms with Crippen LogP contribution in [0.4, 0.5) is 0 Å². The molecule has 17 heavy (non-hydrogen) atoms. The van der Waals surface area contributed by atoms with Gasteiger partial charge in [0, 0.05) is 24.3 Å². The Bertz CT molecular complexity index is 516. The van der Waals surface area contributed by atoms with Crippen LogP contribution >= 0.6 is 0 Å². The molecule has 2 atom stereocenters. The minimum atomic E-state index is 0.123. The Morgan fingerprint density at radius 1 is 1.29 bits per heavy atom. The van der Waals surface area contributed by atoms with Gasteiger partial charge in [-0.15, -0.1) is 0 Å². The second kappa shape index (κ2) is 4.00. The monoisotopic (exact) mass is 227 g/mol. The average molecular weight is 227 g/mol. The van der Waals surface area contributed by atoms with Crippen LogP contribution in [-0.2, 0) is 13.5 Å². The van der Waals surface area contributed by atoms with Gasteiger partial charge in [0.2, 0.25) is 0 Å². The van der Waals surface area contributed by atoms with Crippen LogP contribution < -0.4 is 5.73 Å². The van der Waals surface area contributed by atoms with Crippen LogP contribution in [0.2, 0.25) is 0 Å². The van der Waals surface area contributed by atoms with Crippen LogP contribution in [0.25, 0.3) is 0 Å². The average Bonchev–Trinajstić information content (AvgIpc) is 2.73. The summed E-state index contributed by atoms with van der Waals surface area (Å²) in [5.41, 5.74) is 10.1. The van der Waals surface area contributed by atoms with E-state index in [1.807, 2.05) is 17.9 Å². The molecule has 88 valence electrons. The van der Waals surface area contributed by atoms with Crippen LogP contribution in [0.3, 0.4) is 0 Å². The number of aromatic nitrogens is 2. The second-order valence-corrected chi connectivity index (χ2v) is 4.82. The van der Waals surface area contributed by atoms with Gasteiger partial charge in [-0.05, 0) is 24.3 Å². The maximum absolute atomic E-state index is 6.23. The zero-order chi connectivity index (χ0) is 11.8. The lowest BCUT2D eigenvalue weighted by Crippen LogP contribution is -2.23. The van der Waals surface area contributed by atoms with Crippen LogP contribution in [0.1, 0.15) is 35.2 Å². The Morgan fingerprint density at radius 3 is 2.82 bits per heavy atom. The van der Waals surface area contributed by atoms with E-state index in [4.69, 9.17) is 5.73 Å². The number of hydrogen-bond acceptors (Lipinski definition) is 2. The van der Waals surface area contributed by atoms with E-state index >= 15 is 0 Å². The van der Waals surface area contributed by atoms with Gasteiger partial charge in [-0.2, -0.15) is 5.10 Å². The SMILES string of the molecule is Cn1ncc2c1CC(c1ccccc1)CC2N. The van der Waals surface area contributed by atoms with Gasteiger partial charge in [-0.25, -0.2) is 0 Å². The highest BCUT2D eigenvalue weighted by Crippen LogP contribution is 2.36. The van der Waals surface area contributed by atoms with Crippen molar-refractivity contribution in [3.8, 4) is 0 Å². The Morgan fingerprint density at radius 2 is 2.06 bits per heavy atom. The van der Waals surface area contributed by atoms with Crippen molar-refractivity contribution in [1.29, 1.82) is 0 Å². The normalized spacial score (nSPS) is 23.4. The van der Waals surface area contributed by atoms with Gasteiger partial charge in [0.1, 0.15) is 0 Å². The van der Waals surface area contributed by atoms with E-state index < -0.39 is 0 Å².